The number of fused-ring (bicyclic) bond motifs is 3. The number of cyclic esters (lactones) is 1. The molecule has 0 aromatic heterocycles. The molecule has 0 unspecified atom stereocenters. The number of carbonyl (C=O) groups is 5. The van der Waals surface area contributed by atoms with Crippen LogP contribution in [0.3, 0.4) is 0 Å². The lowest BCUT2D eigenvalue weighted by Gasteiger charge is -2.40. The number of esters is 1. The van der Waals surface area contributed by atoms with Gasteiger partial charge in [0.1, 0.15) is 37.4 Å². The first-order valence-corrected chi connectivity index (χ1v) is 15.3. The Hall–Kier alpha value is -5.19. The average Bonchev–Trinajstić information content (AvgIpc) is 3.38. The Labute approximate surface area is 267 Å². The fourth-order valence-electron chi connectivity index (χ4n) is 5.93. The molecule has 1 heterocycles. The molecule has 4 amide bonds. The van der Waals surface area contributed by atoms with E-state index in [1.165, 1.54) is 25.7 Å². The van der Waals surface area contributed by atoms with Crippen LogP contribution in [0, 0.1) is 0 Å². The van der Waals surface area contributed by atoms with E-state index in [1.54, 1.807) is 6.92 Å². The van der Waals surface area contributed by atoms with Crippen LogP contribution in [0.5, 0.6) is 0 Å². The van der Waals surface area contributed by atoms with Crippen LogP contribution in [0.25, 0.3) is 11.1 Å². The Morgan fingerprint density at radius 2 is 1.30 bits per heavy atom. The van der Waals surface area contributed by atoms with Crippen LogP contribution in [0.15, 0.2) is 78.9 Å². The summed E-state index contributed by atoms with van der Waals surface area (Å²) in [5.74, 6) is -2.33. The van der Waals surface area contributed by atoms with E-state index in [-0.39, 0.29) is 19.1 Å². The highest BCUT2D eigenvalue weighted by molar-refractivity contribution is 5.94. The van der Waals surface area contributed by atoms with Gasteiger partial charge in [0.25, 0.3) is 0 Å². The van der Waals surface area contributed by atoms with Crippen molar-refractivity contribution in [1.29, 1.82) is 0 Å². The van der Waals surface area contributed by atoms with Crippen molar-refractivity contribution in [2.75, 3.05) is 13.2 Å². The van der Waals surface area contributed by atoms with Crippen LogP contribution in [0.2, 0.25) is 0 Å². The van der Waals surface area contributed by atoms with Crippen LogP contribution in [-0.2, 0) is 28.7 Å². The molecular weight excluding hydrogens is 588 g/mol. The smallest absolute Gasteiger partial charge is 0.407 e. The van der Waals surface area contributed by atoms with Crippen LogP contribution in [0.4, 0.5) is 4.79 Å². The van der Waals surface area contributed by atoms with Crippen molar-refractivity contribution in [2.24, 2.45) is 0 Å². The number of hydrogen-bond donors (Lipinski definition) is 3. The van der Waals surface area contributed by atoms with Crippen molar-refractivity contribution in [3.05, 3.63) is 95.6 Å². The zero-order chi connectivity index (χ0) is 33.0. The molecule has 0 bridgehead atoms. The zero-order valence-electron chi connectivity index (χ0n) is 26.2. The Morgan fingerprint density at radius 3 is 1.91 bits per heavy atom. The van der Waals surface area contributed by atoms with Gasteiger partial charge in [0.15, 0.2) is 0 Å². The minimum Gasteiger partial charge on any atom is -0.462 e. The van der Waals surface area contributed by atoms with E-state index in [9.17, 15) is 24.0 Å². The first kappa shape index (κ1) is 32.2. The summed E-state index contributed by atoms with van der Waals surface area (Å²) in [5, 5.41) is 7.71. The first-order chi connectivity index (χ1) is 22.1. The van der Waals surface area contributed by atoms with Crippen LogP contribution in [-0.4, -0.2) is 72.1 Å². The number of nitrogens with zero attached hydrogens (tertiary/aromatic N) is 1. The largest absolute Gasteiger partial charge is 0.462 e. The predicted octanol–water partition coefficient (Wildman–Crippen LogP) is 3.44. The van der Waals surface area contributed by atoms with Gasteiger partial charge >= 0.3 is 12.1 Å². The molecular formula is C35H38N4O7. The monoisotopic (exact) mass is 626 g/mol. The molecule has 1 fully saturated rings. The lowest BCUT2D eigenvalue weighted by atomic mass is 9.98. The van der Waals surface area contributed by atoms with Gasteiger partial charge in [0.05, 0.1) is 6.04 Å². The number of morpholine rings is 1. The van der Waals surface area contributed by atoms with Gasteiger partial charge in [-0.3, -0.25) is 14.4 Å². The lowest BCUT2D eigenvalue weighted by Crippen LogP contribution is -2.59. The first-order valence-electron chi connectivity index (χ1n) is 15.3. The summed E-state index contributed by atoms with van der Waals surface area (Å²) in [6.45, 7) is 6.15. The SMILES string of the molecule is C[C@H](NC(=O)OCC1c2ccccc2-c2ccccc21)C(=O)N[C@@H](C)C(=O)N[C@@H](C)C(=O)N1[C@@H](C)C(=O)OC[C@H]1c1ccccc1. The average molecular weight is 627 g/mol. The fourth-order valence-corrected chi connectivity index (χ4v) is 5.93. The Bertz CT molecular complexity index is 1580. The van der Waals surface area contributed by atoms with E-state index in [0.29, 0.717) is 0 Å². The number of rotatable bonds is 9. The summed E-state index contributed by atoms with van der Waals surface area (Å²) >= 11 is 0. The molecule has 3 aromatic carbocycles. The Balaban J connectivity index is 1.12. The van der Waals surface area contributed by atoms with Crippen molar-refractivity contribution >= 4 is 29.8 Å². The summed E-state index contributed by atoms with van der Waals surface area (Å²) in [4.78, 5) is 65.7. The van der Waals surface area contributed by atoms with Gasteiger partial charge in [0, 0.05) is 5.92 Å². The van der Waals surface area contributed by atoms with E-state index in [4.69, 9.17) is 9.47 Å². The molecule has 1 aliphatic heterocycles. The lowest BCUT2D eigenvalue weighted by molar-refractivity contribution is -0.169. The molecule has 1 saturated heterocycles. The van der Waals surface area contributed by atoms with Gasteiger partial charge in [0.2, 0.25) is 17.7 Å². The van der Waals surface area contributed by atoms with Gasteiger partial charge in [-0.2, -0.15) is 0 Å². The zero-order valence-corrected chi connectivity index (χ0v) is 26.2. The Kier molecular flexibility index (Phi) is 9.69. The molecule has 5 rings (SSSR count). The second-order valence-electron chi connectivity index (χ2n) is 11.6. The highest BCUT2D eigenvalue weighted by Crippen LogP contribution is 2.44. The van der Waals surface area contributed by atoms with Gasteiger partial charge in [-0.15, -0.1) is 0 Å². The second kappa shape index (κ2) is 13.8. The van der Waals surface area contributed by atoms with Gasteiger partial charge in [-0.05, 0) is 55.5 Å². The van der Waals surface area contributed by atoms with Crippen molar-refractivity contribution < 1.29 is 33.4 Å². The summed E-state index contributed by atoms with van der Waals surface area (Å²) in [6.07, 6.45) is -0.761. The van der Waals surface area contributed by atoms with Gasteiger partial charge in [-0.25, -0.2) is 9.59 Å². The van der Waals surface area contributed by atoms with Crippen molar-refractivity contribution in [3.8, 4) is 11.1 Å². The summed E-state index contributed by atoms with van der Waals surface area (Å²) < 4.78 is 10.8. The summed E-state index contributed by atoms with van der Waals surface area (Å²) in [5.41, 5.74) is 5.15. The number of carbonyl (C=O) groups excluding carboxylic acids is 5. The molecule has 46 heavy (non-hydrogen) atoms. The van der Waals surface area contributed by atoms with E-state index in [1.807, 2.05) is 78.9 Å². The highest BCUT2D eigenvalue weighted by Gasteiger charge is 2.41. The molecule has 0 radical (unpaired) electrons. The highest BCUT2D eigenvalue weighted by atomic mass is 16.5. The number of ether oxygens (including phenoxy) is 2. The second-order valence-corrected chi connectivity index (χ2v) is 11.6. The molecule has 5 atom stereocenters. The van der Waals surface area contributed by atoms with Crippen molar-refractivity contribution in [2.45, 2.75) is 63.8 Å². The molecule has 3 N–H and O–H groups in total. The Morgan fingerprint density at radius 1 is 0.783 bits per heavy atom. The summed E-state index contributed by atoms with van der Waals surface area (Å²) in [7, 11) is 0. The molecule has 11 nitrogen and oxygen atoms in total. The number of benzene rings is 3. The fraction of sp³-hybridized carbons (Fsp3) is 0.343. The minimum atomic E-state index is -1.02. The quantitative estimate of drug-likeness (QED) is 0.309. The molecule has 3 aromatic rings. The van der Waals surface area contributed by atoms with E-state index >= 15 is 0 Å². The minimum absolute atomic E-state index is 0.000612. The normalized spacial score (nSPS) is 19.0. The van der Waals surface area contributed by atoms with E-state index < -0.39 is 60.0 Å². The number of alkyl carbamates (subject to hydrolysis) is 1. The standard InChI is InChI=1S/C35H38N4O7/c1-20(31(40)37-22(3)33(42)39-23(4)34(43)45-19-30(39)24-12-6-5-7-13-24)36-32(41)21(2)38-35(44)46-18-29-27-16-10-8-14-25(27)26-15-9-11-17-28(26)29/h5-17,20-23,29-30H,18-19H2,1-4H3,(H,36,41)(H,37,40)(H,38,44)/t20-,21-,22-,23-,30-/m0/s1. The molecule has 1 aliphatic carbocycles. The molecule has 0 saturated carbocycles. The number of nitrogens with one attached hydrogen (secondary N) is 3. The summed E-state index contributed by atoms with van der Waals surface area (Å²) in [6, 6.07) is 20.8. The van der Waals surface area contributed by atoms with E-state index in [2.05, 4.69) is 16.0 Å². The van der Waals surface area contributed by atoms with Crippen LogP contribution >= 0.6 is 0 Å². The topological polar surface area (TPSA) is 143 Å². The van der Waals surface area contributed by atoms with Crippen LogP contribution < -0.4 is 16.0 Å². The maximum absolute atomic E-state index is 13.5. The number of amides is 4. The van der Waals surface area contributed by atoms with Crippen molar-refractivity contribution in [1.82, 2.24) is 20.9 Å². The maximum atomic E-state index is 13.5. The molecule has 0 spiro atoms. The van der Waals surface area contributed by atoms with Crippen molar-refractivity contribution in [3.63, 3.8) is 0 Å². The molecule has 240 valence electrons. The van der Waals surface area contributed by atoms with Gasteiger partial charge < -0.3 is 30.3 Å². The van der Waals surface area contributed by atoms with Crippen LogP contribution in [0.1, 0.15) is 56.3 Å². The predicted molar refractivity (Wildman–Crippen MR) is 169 cm³/mol. The third-order valence-corrected chi connectivity index (χ3v) is 8.47. The molecule has 2 aliphatic rings. The van der Waals surface area contributed by atoms with Gasteiger partial charge in [-0.1, -0.05) is 78.9 Å². The van der Waals surface area contributed by atoms with E-state index in [0.717, 1.165) is 27.8 Å². The third kappa shape index (κ3) is 6.73. The third-order valence-electron chi connectivity index (χ3n) is 8.47. The number of hydrogen-bond acceptors (Lipinski definition) is 7. The maximum Gasteiger partial charge on any atom is 0.407 e. The molecule has 11 heteroatoms.